The molecule has 0 radical (unpaired) electrons. The van der Waals surface area contributed by atoms with Gasteiger partial charge in [-0.2, -0.15) is 0 Å². The quantitative estimate of drug-likeness (QED) is 0.801. The number of nitrogens with zero attached hydrogens (tertiary/aromatic N) is 1. The van der Waals surface area contributed by atoms with E-state index >= 15 is 0 Å². The summed E-state index contributed by atoms with van der Waals surface area (Å²) in [5.41, 5.74) is 2.10. The van der Waals surface area contributed by atoms with Gasteiger partial charge in [0.2, 0.25) is 5.91 Å². The van der Waals surface area contributed by atoms with Gasteiger partial charge in [0.15, 0.2) is 0 Å². The molecule has 98 valence electrons. The molecule has 1 saturated heterocycles. The van der Waals surface area contributed by atoms with Crippen molar-refractivity contribution in [1.82, 2.24) is 4.90 Å². The molecule has 0 N–H and O–H groups in total. The maximum Gasteiger partial charge on any atom is 0.227 e. The zero-order valence-electron chi connectivity index (χ0n) is 11.4. The van der Waals surface area contributed by atoms with Crippen LogP contribution in [0.4, 0.5) is 0 Å². The van der Waals surface area contributed by atoms with Crippen LogP contribution in [0.2, 0.25) is 0 Å². The molecule has 3 heteroatoms. The minimum atomic E-state index is -0.194. The van der Waals surface area contributed by atoms with E-state index in [0.717, 1.165) is 5.56 Å². The molecule has 1 aromatic carbocycles. The summed E-state index contributed by atoms with van der Waals surface area (Å²) in [4.78, 5) is 14.3. The lowest BCUT2D eigenvalue weighted by Crippen LogP contribution is -2.55. The van der Waals surface area contributed by atoms with Gasteiger partial charge in [-0.25, -0.2) is 0 Å². The van der Waals surface area contributed by atoms with Gasteiger partial charge in [-0.1, -0.05) is 29.8 Å². The zero-order valence-corrected chi connectivity index (χ0v) is 11.4. The molecule has 0 saturated carbocycles. The Labute approximate surface area is 109 Å². The zero-order chi connectivity index (χ0) is 13.2. The van der Waals surface area contributed by atoms with Gasteiger partial charge < -0.3 is 9.64 Å². The van der Waals surface area contributed by atoms with Crippen molar-refractivity contribution in [3.63, 3.8) is 0 Å². The number of carbonyl (C=O) groups excluding carboxylic acids is 1. The predicted octanol–water partition coefficient (Wildman–Crippen LogP) is 2.17. The van der Waals surface area contributed by atoms with Crippen LogP contribution in [0.25, 0.3) is 0 Å². The molecule has 3 nitrogen and oxygen atoms in total. The van der Waals surface area contributed by atoms with Crippen LogP contribution in [0.3, 0.4) is 0 Å². The highest BCUT2D eigenvalue weighted by Gasteiger charge is 2.33. The first-order chi connectivity index (χ1) is 8.49. The Hall–Kier alpha value is -1.35. The normalized spacial score (nSPS) is 18.7. The Balaban J connectivity index is 2.05. The standard InChI is InChI=1S/C15H21NO2/c1-12-4-6-13(7-5-12)10-14(17)16-8-9-18-11-15(16,2)3/h4-7H,8-11H2,1-3H3. The average Bonchev–Trinajstić information content (AvgIpc) is 2.31. The monoisotopic (exact) mass is 247 g/mol. The molecule has 2 rings (SSSR count). The summed E-state index contributed by atoms with van der Waals surface area (Å²) in [6, 6.07) is 8.15. The number of hydrogen-bond acceptors (Lipinski definition) is 2. The fraction of sp³-hybridized carbons (Fsp3) is 0.533. The number of aryl methyl sites for hydroxylation is 1. The molecule has 0 spiro atoms. The molecule has 18 heavy (non-hydrogen) atoms. The topological polar surface area (TPSA) is 29.5 Å². The number of hydrogen-bond donors (Lipinski definition) is 0. The van der Waals surface area contributed by atoms with Crippen molar-refractivity contribution in [3.8, 4) is 0 Å². The van der Waals surface area contributed by atoms with Crippen LogP contribution in [0.5, 0.6) is 0 Å². The van der Waals surface area contributed by atoms with Gasteiger partial charge in [-0.15, -0.1) is 0 Å². The van der Waals surface area contributed by atoms with E-state index in [9.17, 15) is 4.79 Å². The van der Waals surface area contributed by atoms with Gasteiger partial charge in [0.25, 0.3) is 0 Å². The van der Waals surface area contributed by atoms with Gasteiger partial charge in [0, 0.05) is 6.54 Å². The SMILES string of the molecule is Cc1ccc(CC(=O)N2CCOCC2(C)C)cc1. The summed E-state index contributed by atoms with van der Waals surface area (Å²) < 4.78 is 5.44. The van der Waals surface area contributed by atoms with Crippen LogP contribution in [-0.4, -0.2) is 36.1 Å². The highest BCUT2D eigenvalue weighted by Crippen LogP contribution is 2.20. The smallest absolute Gasteiger partial charge is 0.227 e. The molecule has 1 fully saturated rings. The third-order valence-electron chi connectivity index (χ3n) is 3.42. The summed E-state index contributed by atoms with van der Waals surface area (Å²) in [6.45, 7) is 8.11. The van der Waals surface area contributed by atoms with E-state index in [-0.39, 0.29) is 11.4 Å². The van der Waals surface area contributed by atoms with Crippen LogP contribution >= 0.6 is 0 Å². The molecule has 0 unspecified atom stereocenters. The van der Waals surface area contributed by atoms with E-state index in [1.807, 2.05) is 29.2 Å². The van der Waals surface area contributed by atoms with E-state index in [1.54, 1.807) is 0 Å². The van der Waals surface area contributed by atoms with Gasteiger partial charge in [0.05, 0.1) is 25.2 Å². The third kappa shape index (κ3) is 2.91. The Morgan fingerprint density at radius 1 is 1.33 bits per heavy atom. The summed E-state index contributed by atoms with van der Waals surface area (Å²) in [5, 5.41) is 0. The van der Waals surface area contributed by atoms with Crippen LogP contribution in [0.1, 0.15) is 25.0 Å². The molecule has 1 amide bonds. The Morgan fingerprint density at radius 2 is 2.00 bits per heavy atom. The molecule has 1 aliphatic heterocycles. The summed E-state index contributed by atoms with van der Waals surface area (Å²) in [5.74, 6) is 0.187. The van der Waals surface area contributed by atoms with Crippen molar-refractivity contribution in [2.24, 2.45) is 0 Å². The molecule has 0 atom stereocenters. The van der Waals surface area contributed by atoms with Crippen LogP contribution < -0.4 is 0 Å². The molecular weight excluding hydrogens is 226 g/mol. The number of benzene rings is 1. The highest BCUT2D eigenvalue weighted by molar-refractivity contribution is 5.79. The predicted molar refractivity (Wildman–Crippen MR) is 71.5 cm³/mol. The first-order valence-corrected chi connectivity index (χ1v) is 6.43. The Morgan fingerprint density at radius 3 is 2.61 bits per heavy atom. The fourth-order valence-electron chi connectivity index (χ4n) is 2.30. The molecule has 1 aliphatic rings. The summed E-state index contributed by atoms with van der Waals surface area (Å²) >= 11 is 0. The fourth-order valence-corrected chi connectivity index (χ4v) is 2.30. The van der Waals surface area contributed by atoms with E-state index in [2.05, 4.69) is 20.8 Å². The van der Waals surface area contributed by atoms with Crippen LogP contribution in [0.15, 0.2) is 24.3 Å². The molecule has 1 aromatic rings. The minimum Gasteiger partial charge on any atom is -0.377 e. The van der Waals surface area contributed by atoms with E-state index in [0.29, 0.717) is 26.2 Å². The van der Waals surface area contributed by atoms with Crippen molar-refractivity contribution in [2.75, 3.05) is 19.8 Å². The van der Waals surface area contributed by atoms with E-state index < -0.39 is 0 Å². The van der Waals surface area contributed by atoms with Crippen LogP contribution in [0, 0.1) is 6.92 Å². The Bertz CT molecular complexity index is 423. The lowest BCUT2D eigenvalue weighted by molar-refractivity contribution is -0.145. The number of morpholine rings is 1. The lowest BCUT2D eigenvalue weighted by Gasteiger charge is -2.42. The first-order valence-electron chi connectivity index (χ1n) is 6.43. The van der Waals surface area contributed by atoms with Crippen molar-refractivity contribution >= 4 is 5.91 Å². The maximum absolute atomic E-state index is 12.3. The van der Waals surface area contributed by atoms with Gasteiger partial charge in [-0.05, 0) is 26.3 Å². The van der Waals surface area contributed by atoms with Crippen molar-refractivity contribution in [3.05, 3.63) is 35.4 Å². The average molecular weight is 247 g/mol. The number of rotatable bonds is 2. The van der Waals surface area contributed by atoms with Gasteiger partial charge in [0.1, 0.15) is 0 Å². The van der Waals surface area contributed by atoms with Gasteiger partial charge >= 0.3 is 0 Å². The summed E-state index contributed by atoms with van der Waals surface area (Å²) in [6.07, 6.45) is 0.476. The molecular formula is C15H21NO2. The van der Waals surface area contributed by atoms with Crippen molar-refractivity contribution in [1.29, 1.82) is 0 Å². The van der Waals surface area contributed by atoms with Gasteiger partial charge in [-0.3, -0.25) is 4.79 Å². The first kappa shape index (κ1) is 13.1. The second kappa shape index (κ2) is 5.11. The van der Waals surface area contributed by atoms with Crippen molar-refractivity contribution < 1.29 is 9.53 Å². The lowest BCUT2D eigenvalue weighted by atomic mass is 10.0. The maximum atomic E-state index is 12.3. The minimum absolute atomic E-state index is 0.187. The number of ether oxygens (including phenoxy) is 1. The third-order valence-corrected chi connectivity index (χ3v) is 3.42. The van der Waals surface area contributed by atoms with E-state index in [1.165, 1.54) is 5.56 Å². The van der Waals surface area contributed by atoms with Crippen LogP contribution in [-0.2, 0) is 16.0 Å². The summed E-state index contributed by atoms with van der Waals surface area (Å²) in [7, 11) is 0. The molecule has 0 bridgehead atoms. The Kier molecular flexibility index (Phi) is 3.71. The second-order valence-corrected chi connectivity index (χ2v) is 5.57. The second-order valence-electron chi connectivity index (χ2n) is 5.57. The molecule has 1 heterocycles. The number of carbonyl (C=O) groups is 1. The largest absolute Gasteiger partial charge is 0.377 e. The molecule has 0 aliphatic carbocycles. The van der Waals surface area contributed by atoms with Crippen molar-refractivity contribution in [2.45, 2.75) is 32.7 Å². The number of amides is 1. The molecule has 0 aromatic heterocycles. The van der Waals surface area contributed by atoms with E-state index in [4.69, 9.17) is 4.74 Å². The highest BCUT2D eigenvalue weighted by atomic mass is 16.5.